The SMILES string of the molecule is CCCC1(CNc2nc(Cl)nc(NC)n2)CC1. The molecule has 1 saturated carbocycles. The van der Waals surface area contributed by atoms with Gasteiger partial charge in [-0.2, -0.15) is 15.0 Å². The molecule has 1 aliphatic carbocycles. The number of hydrogen-bond acceptors (Lipinski definition) is 5. The standard InChI is InChI=1S/C11H18ClN5/c1-3-4-11(5-6-11)7-14-10-16-8(12)15-9(13-2)17-10/h3-7H2,1-2H3,(H2,13,14,15,16,17). The van der Waals surface area contributed by atoms with Crippen LogP contribution in [0.5, 0.6) is 0 Å². The Morgan fingerprint density at radius 3 is 2.53 bits per heavy atom. The van der Waals surface area contributed by atoms with Crippen molar-refractivity contribution in [1.29, 1.82) is 0 Å². The summed E-state index contributed by atoms with van der Waals surface area (Å²) in [4.78, 5) is 12.2. The summed E-state index contributed by atoms with van der Waals surface area (Å²) in [5, 5.41) is 6.34. The number of anilines is 2. The molecule has 1 aromatic rings. The molecule has 2 rings (SSSR count). The van der Waals surface area contributed by atoms with Gasteiger partial charge in [0, 0.05) is 13.6 Å². The second kappa shape index (κ2) is 5.04. The first-order valence-corrected chi connectivity index (χ1v) is 6.38. The van der Waals surface area contributed by atoms with E-state index in [9.17, 15) is 0 Å². The van der Waals surface area contributed by atoms with E-state index in [0.29, 0.717) is 17.3 Å². The highest BCUT2D eigenvalue weighted by molar-refractivity contribution is 6.28. The molecular formula is C11H18ClN5. The van der Waals surface area contributed by atoms with E-state index in [1.807, 2.05) is 0 Å². The summed E-state index contributed by atoms with van der Waals surface area (Å²) in [6.45, 7) is 3.14. The minimum absolute atomic E-state index is 0.215. The smallest absolute Gasteiger partial charge is 0.228 e. The monoisotopic (exact) mass is 255 g/mol. The summed E-state index contributed by atoms with van der Waals surface area (Å²) < 4.78 is 0. The third kappa shape index (κ3) is 3.19. The van der Waals surface area contributed by atoms with Crippen molar-refractivity contribution in [3.8, 4) is 0 Å². The van der Waals surface area contributed by atoms with Gasteiger partial charge in [-0.15, -0.1) is 0 Å². The van der Waals surface area contributed by atoms with Crippen molar-refractivity contribution < 1.29 is 0 Å². The fraction of sp³-hybridized carbons (Fsp3) is 0.727. The van der Waals surface area contributed by atoms with Gasteiger partial charge in [0.25, 0.3) is 0 Å². The van der Waals surface area contributed by atoms with Gasteiger partial charge in [-0.05, 0) is 36.3 Å². The van der Waals surface area contributed by atoms with Crippen LogP contribution in [-0.4, -0.2) is 28.5 Å². The van der Waals surface area contributed by atoms with E-state index >= 15 is 0 Å². The van der Waals surface area contributed by atoms with E-state index in [0.717, 1.165) is 6.54 Å². The molecule has 1 heterocycles. The van der Waals surface area contributed by atoms with Crippen LogP contribution in [0.1, 0.15) is 32.6 Å². The van der Waals surface area contributed by atoms with Gasteiger partial charge in [-0.3, -0.25) is 0 Å². The third-order valence-corrected chi connectivity index (χ3v) is 3.36. The predicted octanol–water partition coefficient (Wildman–Crippen LogP) is 2.56. The van der Waals surface area contributed by atoms with E-state index < -0.39 is 0 Å². The molecule has 0 radical (unpaired) electrons. The Balaban J connectivity index is 1.97. The number of halogens is 1. The Morgan fingerprint density at radius 2 is 1.94 bits per heavy atom. The quantitative estimate of drug-likeness (QED) is 0.818. The highest BCUT2D eigenvalue weighted by Crippen LogP contribution is 2.49. The largest absolute Gasteiger partial charge is 0.357 e. The molecule has 17 heavy (non-hydrogen) atoms. The lowest BCUT2D eigenvalue weighted by Crippen LogP contribution is -2.17. The molecular weight excluding hydrogens is 238 g/mol. The van der Waals surface area contributed by atoms with E-state index in [-0.39, 0.29) is 5.28 Å². The van der Waals surface area contributed by atoms with Crippen LogP contribution in [0.2, 0.25) is 5.28 Å². The molecule has 1 aromatic heterocycles. The maximum absolute atomic E-state index is 5.81. The Labute approximate surface area is 106 Å². The molecule has 94 valence electrons. The van der Waals surface area contributed by atoms with Crippen molar-refractivity contribution in [2.45, 2.75) is 32.6 Å². The van der Waals surface area contributed by atoms with E-state index in [2.05, 4.69) is 32.5 Å². The molecule has 2 N–H and O–H groups in total. The lowest BCUT2D eigenvalue weighted by Gasteiger charge is -2.14. The molecule has 1 aliphatic rings. The molecule has 0 atom stereocenters. The minimum atomic E-state index is 0.215. The van der Waals surface area contributed by atoms with Crippen LogP contribution in [-0.2, 0) is 0 Å². The molecule has 1 fully saturated rings. The normalized spacial score (nSPS) is 16.6. The van der Waals surface area contributed by atoms with Gasteiger partial charge in [0.1, 0.15) is 0 Å². The van der Waals surface area contributed by atoms with Crippen molar-refractivity contribution in [1.82, 2.24) is 15.0 Å². The molecule has 6 heteroatoms. The van der Waals surface area contributed by atoms with E-state index in [1.54, 1.807) is 7.05 Å². The summed E-state index contributed by atoms with van der Waals surface area (Å²) >= 11 is 5.81. The first-order chi connectivity index (χ1) is 8.17. The second-order valence-electron chi connectivity index (χ2n) is 4.61. The Morgan fingerprint density at radius 1 is 1.24 bits per heavy atom. The van der Waals surface area contributed by atoms with Crippen molar-refractivity contribution in [3.63, 3.8) is 0 Å². The zero-order valence-corrected chi connectivity index (χ0v) is 11.0. The fourth-order valence-corrected chi connectivity index (χ4v) is 2.19. The summed E-state index contributed by atoms with van der Waals surface area (Å²) in [5.41, 5.74) is 0.466. The van der Waals surface area contributed by atoms with Crippen LogP contribution in [0, 0.1) is 5.41 Å². The fourth-order valence-electron chi connectivity index (χ4n) is 2.03. The first kappa shape index (κ1) is 12.4. The molecule has 0 aromatic carbocycles. The molecule has 0 saturated heterocycles. The van der Waals surface area contributed by atoms with Crippen molar-refractivity contribution in [2.24, 2.45) is 5.41 Å². The van der Waals surface area contributed by atoms with Crippen molar-refractivity contribution in [3.05, 3.63) is 5.28 Å². The average molecular weight is 256 g/mol. The minimum Gasteiger partial charge on any atom is -0.357 e. The summed E-state index contributed by atoms with van der Waals surface area (Å²) in [7, 11) is 1.76. The second-order valence-corrected chi connectivity index (χ2v) is 4.94. The van der Waals surface area contributed by atoms with Gasteiger partial charge in [-0.1, -0.05) is 13.3 Å². The Hall–Kier alpha value is -1.10. The van der Waals surface area contributed by atoms with Crippen LogP contribution in [0.4, 0.5) is 11.9 Å². The topological polar surface area (TPSA) is 62.7 Å². The number of rotatable bonds is 6. The molecule has 0 amide bonds. The van der Waals surface area contributed by atoms with Gasteiger partial charge in [-0.25, -0.2) is 0 Å². The first-order valence-electron chi connectivity index (χ1n) is 6.01. The number of hydrogen-bond donors (Lipinski definition) is 2. The number of aromatic nitrogens is 3. The van der Waals surface area contributed by atoms with Crippen LogP contribution in [0.25, 0.3) is 0 Å². The van der Waals surface area contributed by atoms with Crippen molar-refractivity contribution in [2.75, 3.05) is 24.2 Å². The summed E-state index contributed by atoms with van der Waals surface area (Å²) in [6.07, 6.45) is 5.08. The van der Waals surface area contributed by atoms with Crippen molar-refractivity contribution >= 4 is 23.5 Å². The highest BCUT2D eigenvalue weighted by atomic mass is 35.5. The van der Waals surface area contributed by atoms with Gasteiger partial charge in [0.15, 0.2) is 0 Å². The Bertz CT molecular complexity index is 391. The summed E-state index contributed by atoms with van der Waals surface area (Å²) in [5.74, 6) is 1.05. The van der Waals surface area contributed by atoms with Gasteiger partial charge < -0.3 is 10.6 Å². The Kier molecular flexibility index (Phi) is 3.66. The maximum atomic E-state index is 5.81. The van der Waals surface area contributed by atoms with Gasteiger partial charge >= 0.3 is 0 Å². The highest BCUT2D eigenvalue weighted by Gasteiger charge is 2.41. The molecule has 0 aliphatic heterocycles. The van der Waals surface area contributed by atoms with Crippen LogP contribution < -0.4 is 10.6 Å². The van der Waals surface area contributed by atoms with Gasteiger partial charge in [0.2, 0.25) is 17.2 Å². The molecule has 0 unspecified atom stereocenters. The zero-order chi connectivity index (χ0) is 12.3. The van der Waals surface area contributed by atoms with Gasteiger partial charge in [0.05, 0.1) is 0 Å². The molecule has 5 nitrogen and oxygen atoms in total. The van der Waals surface area contributed by atoms with E-state index in [4.69, 9.17) is 11.6 Å². The zero-order valence-electron chi connectivity index (χ0n) is 10.3. The van der Waals surface area contributed by atoms with Crippen LogP contribution in [0.15, 0.2) is 0 Å². The molecule has 0 bridgehead atoms. The maximum Gasteiger partial charge on any atom is 0.228 e. The number of nitrogens with one attached hydrogen (secondary N) is 2. The van der Waals surface area contributed by atoms with Crippen LogP contribution in [0.3, 0.4) is 0 Å². The lowest BCUT2D eigenvalue weighted by atomic mass is 10.0. The third-order valence-electron chi connectivity index (χ3n) is 3.19. The molecule has 0 spiro atoms. The lowest BCUT2D eigenvalue weighted by molar-refractivity contribution is 0.484. The number of nitrogens with zero attached hydrogens (tertiary/aromatic N) is 3. The van der Waals surface area contributed by atoms with E-state index in [1.165, 1.54) is 25.7 Å². The average Bonchev–Trinajstić information content (AvgIpc) is 3.07. The van der Waals surface area contributed by atoms with Crippen LogP contribution >= 0.6 is 11.6 Å². The predicted molar refractivity (Wildman–Crippen MR) is 69.4 cm³/mol. The summed E-state index contributed by atoms with van der Waals surface area (Å²) in [6, 6.07) is 0.